The van der Waals surface area contributed by atoms with Gasteiger partial charge in [-0.1, -0.05) is 12.1 Å². The van der Waals surface area contributed by atoms with Crippen molar-refractivity contribution in [1.29, 1.82) is 0 Å². The highest BCUT2D eigenvalue weighted by atomic mass is 16.6. The number of ether oxygens (including phenoxy) is 1. The number of hydrogen-bond donors (Lipinski definition) is 1. The van der Waals surface area contributed by atoms with Crippen LogP contribution >= 0.6 is 0 Å². The maximum atomic E-state index is 12.4. The van der Waals surface area contributed by atoms with Gasteiger partial charge in [0.2, 0.25) is 6.08 Å². The number of hydrogen-bond acceptors (Lipinski definition) is 5. The van der Waals surface area contributed by atoms with Crippen LogP contribution < -0.4 is 5.32 Å². The van der Waals surface area contributed by atoms with E-state index >= 15 is 0 Å². The number of alkyl carbamates (subject to hydrolysis) is 1. The van der Waals surface area contributed by atoms with Gasteiger partial charge in [-0.25, -0.2) is 9.59 Å². The molecule has 0 atom stereocenters. The molecule has 1 aromatic rings. The van der Waals surface area contributed by atoms with Crippen molar-refractivity contribution in [1.82, 2.24) is 10.4 Å². The standard InChI is InChI=1S/C19H26N3O4/c1-13-14(7-6-8-16(13)21-12-23)11-20-17(24)26-15-9-18(2,3)22(25)19(4,5)10-15/h6-8,15H,9-11H2,1-5H3,(H,20,24). The fraction of sp³-hybridized carbons (Fsp3) is 0.579. The second-order valence-corrected chi connectivity index (χ2v) is 7.97. The van der Waals surface area contributed by atoms with E-state index in [-0.39, 0.29) is 12.6 Å². The number of amides is 1. The molecule has 1 fully saturated rings. The van der Waals surface area contributed by atoms with Crippen LogP contribution in [-0.2, 0) is 21.3 Å². The summed E-state index contributed by atoms with van der Waals surface area (Å²) < 4.78 is 5.55. The molecule has 1 aliphatic rings. The topological polar surface area (TPSA) is 90.9 Å². The molecule has 0 aromatic heterocycles. The zero-order chi connectivity index (χ0) is 19.5. The smallest absolute Gasteiger partial charge is 0.407 e. The molecular formula is C19H26N3O4. The molecule has 1 aromatic carbocycles. The van der Waals surface area contributed by atoms with Crippen LogP contribution in [0, 0.1) is 6.92 Å². The lowest BCUT2D eigenvalue weighted by molar-refractivity contribution is -0.298. The van der Waals surface area contributed by atoms with Crippen LogP contribution in [0.2, 0.25) is 0 Å². The molecule has 2 rings (SSSR count). The third kappa shape index (κ3) is 4.49. The predicted octanol–water partition coefficient (Wildman–Crippen LogP) is 3.56. The molecule has 141 valence electrons. The summed E-state index contributed by atoms with van der Waals surface area (Å²) in [6, 6.07) is 5.32. The number of nitrogens with one attached hydrogen (secondary N) is 1. The first-order valence-electron chi connectivity index (χ1n) is 8.65. The number of aliphatic imine (C=N–C) groups is 1. The number of isocyanates is 1. The predicted molar refractivity (Wildman–Crippen MR) is 96.0 cm³/mol. The van der Waals surface area contributed by atoms with E-state index in [1.54, 1.807) is 12.1 Å². The quantitative estimate of drug-likeness (QED) is 0.656. The molecule has 0 aliphatic carbocycles. The van der Waals surface area contributed by atoms with Gasteiger partial charge in [0.1, 0.15) is 6.10 Å². The Balaban J connectivity index is 1.98. The second kappa shape index (κ2) is 7.58. The Kier molecular flexibility index (Phi) is 5.86. The average molecular weight is 360 g/mol. The van der Waals surface area contributed by atoms with E-state index in [1.807, 2.05) is 40.7 Å². The summed E-state index contributed by atoms with van der Waals surface area (Å²) >= 11 is 0. The minimum atomic E-state index is -0.593. The zero-order valence-corrected chi connectivity index (χ0v) is 16.0. The molecule has 7 nitrogen and oxygen atoms in total. The zero-order valence-electron chi connectivity index (χ0n) is 16.0. The van der Waals surface area contributed by atoms with Gasteiger partial charge in [-0.3, -0.25) is 0 Å². The van der Waals surface area contributed by atoms with E-state index in [2.05, 4.69) is 10.3 Å². The van der Waals surface area contributed by atoms with Crippen molar-refractivity contribution < 1.29 is 19.5 Å². The van der Waals surface area contributed by atoms with E-state index in [9.17, 15) is 14.8 Å². The lowest BCUT2D eigenvalue weighted by Crippen LogP contribution is -2.60. The molecular weight excluding hydrogens is 334 g/mol. The fourth-order valence-electron chi connectivity index (χ4n) is 3.65. The minimum Gasteiger partial charge on any atom is -0.446 e. The van der Waals surface area contributed by atoms with Crippen molar-refractivity contribution in [3.05, 3.63) is 29.3 Å². The molecule has 1 N–H and O–H groups in total. The van der Waals surface area contributed by atoms with Crippen molar-refractivity contribution in [3.8, 4) is 0 Å². The number of piperidine rings is 1. The van der Waals surface area contributed by atoms with Gasteiger partial charge in [-0.2, -0.15) is 4.99 Å². The largest absolute Gasteiger partial charge is 0.446 e. The Morgan fingerprint density at radius 1 is 1.31 bits per heavy atom. The highest BCUT2D eigenvalue weighted by molar-refractivity contribution is 5.67. The number of rotatable bonds is 4. The van der Waals surface area contributed by atoms with Crippen LogP contribution in [0.15, 0.2) is 23.2 Å². The molecule has 7 heteroatoms. The number of carbonyl (C=O) groups excluding carboxylic acids is 2. The summed E-state index contributed by atoms with van der Waals surface area (Å²) in [5, 5.41) is 16.2. The van der Waals surface area contributed by atoms with Crippen LogP contribution in [0.4, 0.5) is 10.5 Å². The van der Waals surface area contributed by atoms with Gasteiger partial charge in [0, 0.05) is 30.5 Å². The number of hydroxylamine groups is 2. The first-order chi connectivity index (χ1) is 12.1. The highest BCUT2D eigenvalue weighted by Gasteiger charge is 2.47. The van der Waals surface area contributed by atoms with Crippen LogP contribution in [0.3, 0.4) is 0 Å². The lowest BCUT2D eigenvalue weighted by atomic mass is 9.80. The number of carbonyl (C=O) groups is 1. The maximum absolute atomic E-state index is 12.4. The molecule has 0 saturated carbocycles. The molecule has 0 unspecified atom stereocenters. The summed E-state index contributed by atoms with van der Waals surface area (Å²) in [5.41, 5.74) is 0.986. The number of nitrogens with zero attached hydrogens (tertiary/aromatic N) is 2. The summed E-state index contributed by atoms with van der Waals surface area (Å²) in [4.78, 5) is 26.3. The second-order valence-electron chi connectivity index (χ2n) is 7.97. The summed E-state index contributed by atoms with van der Waals surface area (Å²) in [7, 11) is 0. The Bertz CT molecular complexity index is 705. The fourth-order valence-corrected chi connectivity index (χ4v) is 3.65. The normalized spacial score (nSPS) is 19.5. The Morgan fingerprint density at radius 3 is 2.50 bits per heavy atom. The van der Waals surface area contributed by atoms with Gasteiger partial charge >= 0.3 is 6.09 Å². The van der Waals surface area contributed by atoms with Crippen LogP contribution in [0.1, 0.15) is 51.7 Å². The molecule has 1 saturated heterocycles. The highest BCUT2D eigenvalue weighted by Crippen LogP contribution is 2.38. The molecule has 0 spiro atoms. The summed E-state index contributed by atoms with van der Waals surface area (Å²) in [5.74, 6) is 0. The molecule has 1 heterocycles. The van der Waals surface area contributed by atoms with Crippen molar-refractivity contribution in [3.63, 3.8) is 0 Å². The van der Waals surface area contributed by atoms with Crippen molar-refractivity contribution in [2.75, 3.05) is 0 Å². The van der Waals surface area contributed by atoms with Gasteiger partial charge in [-0.05, 0) is 51.8 Å². The summed E-state index contributed by atoms with van der Waals surface area (Å²) in [6.07, 6.45) is 1.64. The third-order valence-electron chi connectivity index (χ3n) is 4.83. The van der Waals surface area contributed by atoms with E-state index in [1.165, 1.54) is 6.08 Å². The summed E-state index contributed by atoms with van der Waals surface area (Å²) in [6.45, 7) is 9.53. The molecule has 1 amide bonds. The lowest BCUT2D eigenvalue weighted by Gasteiger charge is -2.49. The van der Waals surface area contributed by atoms with E-state index in [0.717, 1.165) is 16.2 Å². The van der Waals surface area contributed by atoms with Crippen molar-refractivity contribution in [2.24, 2.45) is 4.99 Å². The van der Waals surface area contributed by atoms with Gasteiger partial charge in [0.25, 0.3) is 0 Å². The Labute approximate surface area is 154 Å². The Hall–Kier alpha value is -2.21. The average Bonchev–Trinajstić information content (AvgIpc) is 2.53. The van der Waals surface area contributed by atoms with Gasteiger partial charge in [0.05, 0.1) is 5.69 Å². The molecule has 1 radical (unpaired) electrons. The van der Waals surface area contributed by atoms with Crippen LogP contribution in [0.25, 0.3) is 0 Å². The first kappa shape index (κ1) is 20.1. The third-order valence-corrected chi connectivity index (χ3v) is 4.83. The van der Waals surface area contributed by atoms with Gasteiger partial charge in [-0.15, -0.1) is 10.3 Å². The minimum absolute atomic E-state index is 0.264. The van der Waals surface area contributed by atoms with Crippen LogP contribution in [0.5, 0.6) is 0 Å². The van der Waals surface area contributed by atoms with Gasteiger partial charge < -0.3 is 10.1 Å². The van der Waals surface area contributed by atoms with Gasteiger partial charge in [0.15, 0.2) is 0 Å². The first-order valence-corrected chi connectivity index (χ1v) is 8.65. The van der Waals surface area contributed by atoms with Crippen molar-refractivity contribution in [2.45, 2.75) is 71.2 Å². The Morgan fingerprint density at radius 2 is 1.92 bits per heavy atom. The van der Waals surface area contributed by atoms with Crippen molar-refractivity contribution >= 4 is 17.9 Å². The van der Waals surface area contributed by atoms with E-state index in [0.29, 0.717) is 18.5 Å². The van der Waals surface area contributed by atoms with Crippen LogP contribution in [-0.4, -0.2) is 34.4 Å². The molecule has 1 aliphatic heterocycles. The number of benzene rings is 1. The monoisotopic (exact) mass is 360 g/mol. The molecule has 26 heavy (non-hydrogen) atoms. The molecule has 0 bridgehead atoms. The van der Waals surface area contributed by atoms with E-state index in [4.69, 9.17) is 4.74 Å². The maximum Gasteiger partial charge on any atom is 0.407 e. The van der Waals surface area contributed by atoms with E-state index < -0.39 is 17.2 Å². The SMILES string of the molecule is Cc1c(CNC(=O)OC2CC(C)(C)N([O])C(C)(C)C2)cccc1N=C=O.